The Morgan fingerprint density at radius 3 is 2.35 bits per heavy atom. The molecule has 2 rings (SSSR count). The molecule has 0 aromatic carbocycles. The second-order valence-electron chi connectivity index (χ2n) is 5.94. The van der Waals surface area contributed by atoms with Crippen molar-refractivity contribution < 1.29 is 27.8 Å². The number of ether oxygens (including phenoxy) is 4. The Kier molecular flexibility index (Phi) is 7.46. The van der Waals surface area contributed by atoms with Crippen molar-refractivity contribution in [3.8, 4) is 0 Å². The minimum atomic E-state index is -2.59. The van der Waals surface area contributed by atoms with Gasteiger partial charge < -0.3 is 27.8 Å². The van der Waals surface area contributed by atoms with Gasteiger partial charge in [0.2, 0.25) is 0 Å². The molecule has 2 saturated heterocycles. The molecular weight excluding hydrogens is 316 g/mol. The van der Waals surface area contributed by atoms with Gasteiger partial charge in [-0.25, -0.2) is 0 Å². The van der Waals surface area contributed by atoms with E-state index < -0.39 is 14.5 Å². The monoisotopic (exact) mass is 348 g/mol. The first kappa shape index (κ1) is 19.3. The van der Waals surface area contributed by atoms with E-state index in [1.807, 2.05) is 20.8 Å². The van der Waals surface area contributed by atoms with Gasteiger partial charge in [0, 0.05) is 26.2 Å². The van der Waals surface area contributed by atoms with Crippen LogP contribution in [0.25, 0.3) is 0 Å². The van der Waals surface area contributed by atoms with Gasteiger partial charge in [0.25, 0.3) is 5.97 Å². The van der Waals surface area contributed by atoms with E-state index in [1.165, 1.54) is 0 Å². The van der Waals surface area contributed by atoms with Crippen LogP contribution in [0.5, 0.6) is 0 Å². The molecule has 136 valence electrons. The summed E-state index contributed by atoms with van der Waals surface area (Å²) in [6, 6.07) is 0.909. The van der Waals surface area contributed by atoms with Gasteiger partial charge in [0.1, 0.15) is 11.8 Å². The van der Waals surface area contributed by atoms with E-state index in [4.69, 9.17) is 27.8 Å². The second-order valence-corrected chi connectivity index (χ2v) is 9.20. The van der Waals surface area contributed by atoms with Gasteiger partial charge in [-0.3, -0.25) is 0 Å². The van der Waals surface area contributed by atoms with Gasteiger partial charge in [0.15, 0.2) is 0 Å². The number of hydrogen-bond acceptors (Lipinski definition) is 6. The lowest BCUT2D eigenvalue weighted by atomic mass is 10.3. The molecule has 6 nitrogen and oxygen atoms in total. The Hall–Kier alpha value is -0.0231. The zero-order valence-corrected chi connectivity index (χ0v) is 16.0. The average molecular weight is 349 g/mol. The summed E-state index contributed by atoms with van der Waals surface area (Å²) < 4.78 is 35.9. The van der Waals surface area contributed by atoms with E-state index in [0.717, 1.165) is 31.9 Å². The predicted molar refractivity (Wildman–Crippen MR) is 88.3 cm³/mol. The fourth-order valence-electron chi connectivity index (χ4n) is 3.21. The molecule has 3 atom stereocenters. The maximum atomic E-state index is 6.50. The van der Waals surface area contributed by atoms with Gasteiger partial charge in [-0.1, -0.05) is 6.92 Å². The summed E-state index contributed by atoms with van der Waals surface area (Å²) in [5.74, 6) is -0.976. The van der Waals surface area contributed by atoms with Gasteiger partial charge in [-0.15, -0.1) is 0 Å². The highest BCUT2D eigenvalue weighted by Gasteiger charge is 2.56. The summed E-state index contributed by atoms with van der Waals surface area (Å²) in [5.41, 5.74) is -0.0350. The maximum Gasteiger partial charge on any atom is 0.371 e. The van der Waals surface area contributed by atoms with E-state index >= 15 is 0 Å². The molecule has 2 heterocycles. The fraction of sp³-hybridized carbons (Fsp3) is 1.00. The molecule has 3 unspecified atom stereocenters. The molecule has 0 saturated carbocycles. The predicted octanol–water partition coefficient (Wildman–Crippen LogP) is 2.74. The molecule has 2 fully saturated rings. The standard InChI is InChI=1S/C16H32O6Si/c1-5-15(18-13-14-12-17-14)23(21-8-4)11-9-10-16(22-23,19-6-2)20-7-3/h14-15H,5-13H2,1-4H3. The summed E-state index contributed by atoms with van der Waals surface area (Å²) >= 11 is 0. The summed E-state index contributed by atoms with van der Waals surface area (Å²) in [6.07, 6.45) is 2.79. The Morgan fingerprint density at radius 1 is 1.13 bits per heavy atom. The molecule has 0 aliphatic carbocycles. The van der Waals surface area contributed by atoms with Gasteiger partial charge in [-0.2, -0.15) is 0 Å². The van der Waals surface area contributed by atoms with Gasteiger partial charge in [-0.05, 0) is 39.7 Å². The van der Waals surface area contributed by atoms with Crippen LogP contribution in [0, 0.1) is 0 Å². The Morgan fingerprint density at radius 2 is 1.83 bits per heavy atom. The van der Waals surface area contributed by atoms with Crippen molar-refractivity contribution in [3.63, 3.8) is 0 Å². The third kappa shape index (κ3) is 4.98. The zero-order valence-electron chi connectivity index (χ0n) is 15.0. The molecule has 0 spiro atoms. The normalized spacial score (nSPS) is 31.0. The van der Waals surface area contributed by atoms with E-state index in [1.54, 1.807) is 0 Å². The van der Waals surface area contributed by atoms with Crippen LogP contribution in [-0.4, -0.2) is 59.4 Å². The van der Waals surface area contributed by atoms with Crippen molar-refractivity contribution >= 4 is 8.56 Å². The first-order valence-electron chi connectivity index (χ1n) is 8.98. The number of rotatable bonds is 11. The Balaban J connectivity index is 2.14. The summed E-state index contributed by atoms with van der Waals surface area (Å²) in [4.78, 5) is 0. The Bertz CT molecular complexity index is 336. The molecule has 23 heavy (non-hydrogen) atoms. The van der Waals surface area contributed by atoms with Gasteiger partial charge in [0.05, 0.1) is 13.2 Å². The smallest absolute Gasteiger partial charge is 0.371 e. The van der Waals surface area contributed by atoms with Crippen molar-refractivity contribution in [2.24, 2.45) is 0 Å². The van der Waals surface area contributed by atoms with E-state index in [-0.39, 0.29) is 11.8 Å². The van der Waals surface area contributed by atoms with Crippen molar-refractivity contribution in [1.29, 1.82) is 0 Å². The first-order valence-corrected chi connectivity index (χ1v) is 11.1. The highest BCUT2D eigenvalue weighted by atomic mass is 28.4. The van der Waals surface area contributed by atoms with Crippen molar-refractivity contribution in [2.45, 2.75) is 70.8 Å². The number of hydrogen-bond donors (Lipinski definition) is 0. The summed E-state index contributed by atoms with van der Waals surface area (Å²) in [5, 5.41) is 0. The van der Waals surface area contributed by atoms with Crippen molar-refractivity contribution in [1.82, 2.24) is 0 Å². The Labute approximate surface area is 141 Å². The van der Waals surface area contributed by atoms with Crippen LogP contribution in [-0.2, 0) is 27.8 Å². The number of epoxide rings is 1. The second kappa shape index (κ2) is 8.89. The highest BCUT2D eigenvalue weighted by molar-refractivity contribution is 6.69. The van der Waals surface area contributed by atoms with Crippen LogP contribution >= 0.6 is 0 Å². The molecule has 0 N–H and O–H groups in total. The molecule has 0 aromatic rings. The van der Waals surface area contributed by atoms with Crippen molar-refractivity contribution in [2.75, 3.05) is 33.0 Å². The van der Waals surface area contributed by atoms with E-state index in [2.05, 4.69) is 6.92 Å². The molecule has 0 bridgehead atoms. The first-order chi connectivity index (χ1) is 11.1. The lowest BCUT2D eigenvalue weighted by Crippen LogP contribution is -2.63. The molecule has 0 radical (unpaired) electrons. The molecule has 0 amide bonds. The molecule has 2 aliphatic heterocycles. The van der Waals surface area contributed by atoms with Crippen LogP contribution in [0.2, 0.25) is 6.04 Å². The molecule has 0 aromatic heterocycles. The molecular formula is C16H32O6Si. The summed E-state index contributed by atoms with van der Waals surface area (Å²) in [7, 11) is -2.59. The minimum absolute atomic E-state index is 0.0350. The largest absolute Gasteiger partial charge is 0.393 e. The third-order valence-electron chi connectivity index (χ3n) is 4.20. The average Bonchev–Trinajstić information content (AvgIpc) is 3.33. The molecule has 7 heteroatoms. The van der Waals surface area contributed by atoms with Crippen molar-refractivity contribution in [3.05, 3.63) is 0 Å². The molecule has 2 aliphatic rings. The third-order valence-corrected chi connectivity index (χ3v) is 8.24. The highest BCUT2D eigenvalue weighted by Crippen LogP contribution is 2.39. The van der Waals surface area contributed by atoms with Crippen LogP contribution in [0.3, 0.4) is 0 Å². The quantitative estimate of drug-likeness (QED) is 0.325. The van der Waals surface area contributed by atoms with E-state index in [0.29, 0.717) is 26.4 Å². The zero-order chi connectivity index (χ0) is 16.8. The van der Waals surface area contributed by atoms with Crippen LogP contribution in [0.4, 0.5) is 0 Å². The maximum absolute atomic E-state index is 6.50. The SMILES string of the molecule is CCOC1(OCC)CCC[Si](OCC)(C(CC)OCC2CO2)O1. The summed E-state index contributed by atoms with van der Waals surface area (Å²) in [6.45, 7) is 11.2. The van der Waals surface area contributed by atoms with Crippen LogP contribution in [0.1, 0.15) is 47.0 Å². The van der Waals surface area contributed by atoms with Crippen LogP contribution in [0.15, 0.2) is 0 Å². The lowest BCUT2D eigenvalue weighted by molar-refractivity contribution is -0.360. The van der Waals surface area contributed by atoms with Crippen LogP contribution < -0.4 is 0 Å². The van der Waals surface area contributed by atoms with Gasteiger partial charge >= 0.3 is 8.56 Å². The van der Waals surface area contributed by atoms with E-state index in [9.17, 15) is 0 Å². The minimum Gasteiger partial charge on any atom is -0.393 e. The lowest BCUT2D eigenvalue weighted by Gasteiger charge is -2.47. The topological polar surface area (TPSA) is 58.7 Å². The fourth-order valence-corrected chi connectivity index (χ4v) is 7.03.